The molecule has 0 unspecified atom stereocenters. The van der Waals surface area contributed by atoms with Crippen molar-refractivity contribution in [1.29, 1.82) is 0 Å². The van der Waals surface area contributed by atoms with Crippen LogP contribution in [0.1, 0.15) is 11.1 Å². The van der Waals surface area contributed by atoms with Crippen LogP contribution in [0.3, 0.4) is 0 Å². The Balaban J connectivity index is 2.52. The van der Waals surface area contributed by atoms with E-state index < -0.39 is 0 Å². The van der Waals surface area contributed by atoms with Crippen LogP contribution in [0.25, 0.3) is 5.69 Å². The highest BCUT2D eigenvalue weighted by molar-refractivity contribution is 14.1. The molecule has 1 aromatic carbocycles. The summed E-state index contributed by atoms with van der Waals surface area (Å²) in [7, 11) is 0. The van der Waals surface area contributed by atoms with Crippen molar-refractivity contribution in [1.82, 2.24) is 9.78 Å². The van der Waals surface area contributed by atoms with Gasteiger partial charge >= 0.3 is 0 Å². The van der Waals surface area contributed by atoms with Gasteiger partial charge in [0.2, 0.25) is 0 Å². The van der Waals surface area contributed by atoms with Crippen molar-refractivity contribution < 1.29 is 0 Å². The molecule has 2 aromatic rings. The number of hydrogen-bond acceptors (Lipinski definition) is 1. The van der Waals surface area contributed by atoms with E-state index in [1.165, 1.54) is 5.56 Å². The topological polar surface area (TPSA) is 17.8 Å². The van der Waals surface area contributed by atoms with Crippen LogP contribution < -0.4 is 0 Å². The molecule has 0 atom stereocenters. The monoisotopic (exact) mass is 332 g/mol. The standard InChI is InChI=1S/C11H10ClIN2/c1-8-2-3-11(9(4-8)5-12)15-7-10(13)6-14-15/h2-4,6-7H,5H2,1H3. The predicted molar refractivity (Wildman–Crippen MR) is 70.6 cm³/mol. The molecule has 78 valence electrons. The number of aromatic nitrogens is 2. The summed E-state index contributed by atoms with van der Waals surface area (Å²) in [6.45, 7) is 2.06. The van der Waals surface area contributed by atoms with Crippen LogP contribution in [0.15, 0.2) is 30.6 Å². The Morgan fingerprint density at radius 1 is 1.47 bits per heavy atom. The van der Waals surface area contributed by atoms with E-state index in [9.17, 15) is 0 Å². The molecule has 0 amide bonds. The molecule has 0 saturated heterocycles. The number of benzene rings is 1. The molecule has 0 spiro atoms. The van der Waals surface area contributed by atoms with Crippen LogP contribution in [-0.2, 0) is 5.88 Å². The second-order valence-corrected chi connectivity index (χ2v) is 4.88. The molecule has 0 aliphatic carbocycles. The number of rotatable bonds is 2. The fourth-order valence-corrected chi connectivity index (χ4v) is 2.08. The van der Waals surface area contributed by atoms with Crippen LogP contribution in [0.4, 0.5) is 0 Å². The van der Waals surface area contributed by atoms with Gasteiger partial charge in [0, 0.05) is 12.1 Å². The van der Waals surface area contributed by atoms with E-state index in [2.05, 4.69) is 52.8 Å². The highest BCUT2D eigenvalue weighted by Gasteiger charge is 2.05. The van der Waals surface area contributed by atoms with Crippen LogP contribution in [0.5, 0.6) is 0 Å². The van der Waals surface area contributed by atoms with Crippen LogP contribution in [-0.4, -0.2) is 9.78 Å². The first kappa shape index (κ1) is 11.0. The van der Waals surface area contributed by atoms with Gasteiger partial charge in [0.05, 0.1) is 15.5 Å². The molecule has 1 aromatic heterocycles. The third kappa shape index (κ3) is 2.34. The summed E-state index contributed by atoms with van der Waals surface area (Å²) in [5.41, 5.74) is 3.38. The maximum absolute atomic E-state index is 5.92. The van der Waals surface area contributed by atoms with Crippen molar-refractivity contribution in [2.75, 3.05) is 0 Å². The van der Waals surface area contributed by atoms with Crippen molar-refractivity contribution in [3.05, 3.63) is 45.3 Å². The fourth-order valence-electron chi connectivity index (χ4n) is 1.48. The number of alkyl halides is 1. The van der Waals surface area contributed by atoms with Gasteiger partial charge in [0.25, 0.3) is 0 Å². The highest BCUT2D eigenvalue weighted by atomic mass is 127. The summed E-state index contributed by atoms with van der Waals surface area (Å²) < 4.78 is 2.98. The number of nitrogens with zero attached hydrogens (tertiary/aromatic N) is 2. The minimum atomic E-state index is 0.507. The maximum Gasteiger partial charge on any atom is 0.0690 e. The van der Waals surface area contributed by atoms with Crippen molar-refractivity contribution in [2.45, 2.75) is 12.8 Å². The zero-order valence-corrected chi connectivity index (χ0v) is 11.2. The first-order chi connectivity index (χ1) is 7.20. The van der Waals surface area contributed by atoms with Gasteiger partial charge in [-0.2, -0.15) is 5.10 Å². The second-order valence-electron chi connectivity index (χ2n) is 3.37. The average Bonchev–Trinajstić information content (AvgIpc) is 2.64. The van der Waals surface area contributed by atoms with Gasteiger partial charge < -0.3 is 0 Å². The summed E-state index contributed by atoms with van der Waals surface area (Å²) in [5, 5.41) is 4.27. The lowest BCUT2D eigenvalue weighted by atomic mass is 10.1. The lowest BCUT2D eigenvalue weighted by Crippen LogP contribution is -1.99. The molecule has 0 bridgehead atoms. The summed E-state index contributed by atoms with van der Waals surface area (Å²) in [6.07, 6.45) is 3.82. The highest BCUT2D eigenvalue weighted by Crippen LogP contribution is 2.18. The van der Waals surface area contributed by atoms with Crippen molar-refractivity contribution >= 4 is 34.2 Å². The minimum absolute atomic E-state index is 0.507. The Bertz CT molecular complexity index is 479. The summed E-state index contributed by atoms with van der Waals surface area (Å²) >= 11 is 8.16. The Morgan fingerprint density at radius 2 is 2.27 bits per heavy atom. The van der Waals surface area contributed by atoms with Gasteiger partial charge in [-0.3, -0.25) is 0 Å². The fraction of sp³-hybridized carbons (Fsp3) is 0.182. The lowest BCUT2D eigenvalue weighted by Gasteiger charge is -2.07. The van der Waals surface area contributed by atoms with E-state index in [1.54, 1.807) is 0 Å². The molecule has 0 radical (unpaired) electrons. The third-order valence-corrected chi connectivity index (χ3v) is 3.02. The first-order valence-corrected chi connectivity index (χ1v) is 6.18. The third-order valence-electron chi connectivity index (χ3n) is 2.18. The Kier molecular flexibility index (Phi) is 3.31. The minimum Gasteiger partial charge on any atom is -0.240 e. The molecule has 2 rings (SSSR count). The largest absolute Gasteiger partial charge is 0.240 e. The van der Waals surface area contributed by atoms with E-state index in [1.807, 2.05) is 17.1 Å². The molecule has 15 heavy (non-hydrogen) atoms. The molecule has 1 heterocycles. The molecule has 0 fully saturated rings. The van der Waals surface area contributed by atoms with Crippen molar-refractivity contribution in [2.24, 2.45) is 0 Å². The second kappa shape index (κ2) is 4.53. The summed E-state index contributed by atoms with van der Waals surface area (Å²) in [6, 6.07) is 6.22. The van der Waals surface area contributed by atoms with Crippen molar-refractivity contribution in [3.63, 3.8) is 0 Å². The van der Waals surface area contributed by atoms with E-state index in [-0.39, 0.29) is 0 Å². The SMILES string of the molecule is Cc1ccc(-n2cc(I)cn2)c(CCl)c1. The van der Waals surface area contributed by atoms with Crippen LogP contribution in [0, 0.1) is 10.5 Å². The average molecular weight is 333 g/mol. The van der Waals surface area contributed by atoms with E-state index >= 15 is 0 Å². The first-order valence-electron chi connectivity index (χ1n) is 4.57. The zero-order chi connectivity index (χ0) is 10.8. The molecule has 0 aliphatic heterocycles. The number of aryl methyl sites for hydroxylation is 1. The van der Waals surface area contributed by atoms with Gasteiger partial charge in [-0.15, -0.1) is 11.6 Å². The van der Waals surface area contributed by atoms with Crippen molar-refractivity contribution in [3.8, 4) is 5.69 Å². The molecule has 0 saturated carbocycles. The molecule has 0 aliphatic rings. The predicted octanol–water partition coefficient (Wildman–Crippen LogP) is 3.52. The van der Waals surface area contributed by atoms with E-state index in [4.69, 9.17) is 11.6 Å². The van der Waals surface area contributed by atoms with Crippen LogP contribution >= 0.6 is 34.2 Å². The van der Waals surface area contributed by atoms with Gasteiger partial charge in [-0.05, 0) is 41.1 Å². The van der Waals surface area contributed by atoms with Gasteiger partial charge in [0.15, 0.2) is 0 Å². The Labute approximate surface area is 107 Å². The smallest absolute Gasteiger partial charge is 0.0690 e. The van der Waals surface area contributed by atoms with Crippen LogP contribution in [0.2, 0.25) is 0 Å². The summed E-state index contributed by atoms with van der Waals surface area (Å²) in [5.74, 6) is 0.507. The van der Waals surface area contributed by atoms with Gasteiger partial charge in [0.1, 0.15) is 0 Å². The molecular weight excluding hydrogens is 322 g/mol. The summed E-state index contributed by atoms with van der Waals surface area (Å²) in [4.78, 5) is 0. The molecule has 2 nitrogen and oxygen atoms in total. The molecule has 4 heteroatoms. The van der Waals surface area contributed by atoms with E-state index in [0.29, 0.717) is 5.88 Å². The Hall–Kier alpha value is -0.550. The number of hydrogen-bond donors (Lipinski definition) is 0. The van der Waals surface area contributed by atoms with Gasteiger partial charge in [-0.25, -0.2) is 4.68 Å². The molecule has 0 N–H and O–H groups in total. The number of halogens is 2. The Morgan fingerprint density at radius 3 is 2.87 bits per heavy atom. The van der Waals surface area contributed by atoms with E-state index in [0.717, 1.165) is 14.8 Å². The molecular formula is C11H10ClIN2. The zero-order valence-electron chi connectivity index (χ0n) is 8.24. The van der Waals surface area contributed by atoms with Gasteiger partial charge in [-0.1, -0.05) is 17.7 Å². The lowest BCUT2D eigenvalue weighted by molar-refractivity contribution is 0.870. The quantitative estimate of drug-likeness (QED) is 0.608. The normalized spacial score (nSPS) is 10.6. The maximum atomic E-state index is 5.92.